The fourth-order valence-corrected chi connectivity index (χ4v) is 1.30. The molecule has 1 atom stereocenters. The molecule has 1 heterocycles. The van der Waals surface area contributed by atoms with Crippen LogP contribution in [0.5, 0.6) is 0 Å². The van der Waals surface area contributed by atoms with Crippen LogP contribution in [0.1, 0.15) is 33.5 Å². The monoisotopic (exact) mass is 236 g/mol. The Labute approximate surface area is 102 Å². The van der Waals surface area contributed by atoms with E-state index in [1.807, 2.05) is 27.7 Å². The number of hydrogen-bond acceptors (Lipinski definition) is 4. The van der Waals surface area contributed by atoms with Crippen LogP contribution in [-0.2, 0) is 4.79 Å². The Balaban J connectivity index is 2.60. The molecular formula is C12H20N4O. The second kappa shape index (κ2) is 5.12. The SMILES string of the molecule is Cc1nccc(NC(C)C(=O)NC(C)(C)C)n1. The summed E-state index contributed by atoms with van der Waals surface area (Å²) in [7, 11) is 0. The van der Waals surface area contributed by atoms with Crippen LogP contribution in [0.25, 0.3) is 0 Å². The average molecular weight is 236 g/mol. The molecule has 0 aliphatic carbocycles. The Bertz CT molecular complexity index is 398. The summed E-state index contributed by atoms with van der Waals surface area (Å²) >= 11 is 0. The van der Waals surface area contributed by atoms with Gasteiger partial charge >= 0.3 is 0 Å². The molecule has 0 saturated carbocycles. The van der Waals surface area contributed by atoms with E-state index in [0.717, 1.165) is 0 Å². The standard InChI is InChI=1S/C12H20N4O/c1-8(11(17)16-12(3,4)5)14-10-6-7-13-9(2)15-10/h6-8H,1-5H3,(H,16,17)(H,13,14,15). The Hall–Kier alpha value is -1.65. The smallest absolute Gasteiger partial charge is 0.242 e. The van der Waals surface area contributed by atoms with Crippen molar-refractivity contribution in [2.45, 2.75) is 46.2 Å². The number of amides is 1. The van der Waals surface area contributed by atoms with Crippen molar-refractivity contribution >= 4 is 11.7 Å². The molecule has 0 radical (unpaired) electrons. The van der Waals surface area contributed by atoms with E-state index in [2.05, 4.69) is 20.6 Å². The Morgan fingerprint density at radius 3 is 2.59 bits per heavy atom. The van der Waals surface area contributed by atoms with Crippen LogP contribution in [0.3, 0.4) is 0 Å². The summed E-state index contributed by atoms with van der Waals surface area (Å²) in [5, 5.41) is 5.95. The minimum absolute atomic E-state index is 0.0474. The van der Waals surface area contributed by atoms with Crippen LogP contribution in [-0.4, -0.2) is 27.5 Å². The molecule has 1 rings (SSSR count). The zero-order valence-electron chi connectivity index (χ0n) is 11.0. The van der Waals surface area contributed by atoms with Crippen LogP contribution < -0.4 is 10.6 Å². The lowest BCUT2D eigenvalue weighted by Gasteiger charge is -2.23. The first-order chi connectivity index (χ1) is 7.78. The molecule has 1 aromatic heterocycles. The molecule has 5 nitrogen and oxygen atoms in total. The molecule has 0 spiro atoms. The highest BCUT2D eigenvalue weighted by atomic mass is 16.2. The largest absolute Gasteiger partial charge is 0.359 e. The van der Waals surface area contributed by atoms with Gasteiger partial charge < -0.3 is 10.6 Å². The lowest BCUT2D eigenvalue weighted by atomic mass is 10.1. The Morgan fingerprint density at radius 2 is 2.06 bits per heavy atom. The van der Waals surface area contributed by atoms with Gasteiger partial charge in [-0.1, -0.05) is 0 Å². The maximum absolute atomic E-state index is 11.8. The number of nitrogens with one attached hydrogen (secondary N) is 2. The number of aromatic nitrogens is 2. The molecule has 1 amide bonds. The van der Waals surface area contributed by atoms with E-state index in [1.54, 1.807) is 19.2 Å². The Kier molecular flexibility index (Phi) is 4.04. The van der Waals surface area contributed by atoms with Crippen molar-refractivity contribution in [3.05, 3.63) is 18.1 Å². The summed E-state index contributed by atoms with van der Waals surface area (Å²) in [6.45, 7) is 9.47. The van der Waals surface area contributed by atoms with Crippen molar-refractivity contribution in [1.29, 1.82) is 0 Å². The number of aryl methyl sites for hydroxylation is 1. The fraction of sp³-hybridized carbons (Fsp3) is 0.583. The molecule has 0 fully saturated rings. The van der Waals surface area contributed by atoms with E-state index in [9.17, 15) is 4.79 Å². The molecule has 5 heteroatoms. The second-order valence-electron chi connectivity index (χ2n) is 5.09. The third-order valence-corrected chi connectivity index (χ3v) is 2.03. The fourth-order valence-electron chi connectivity index (χ4n) is 1.30. The van der Waals surface area contributed by atoms with Crippen LogP contribution in [0.4, 0.5) is 5.82 Å². The van der Waals surface area contributed by atoms with Crippen molar-refractivity contribution in [3.63, 3.8) is 0 Å². The maximum atomic E-state index is 11.8. The first-order valence-corrected chi connectivity index (χ1v) is 5.66. The summed E-state index contributed by atoms with van der Waals surface area (Å²) in [4.78, 5) is 20.0. The van der Waals surface area contributed by atoms with Gasteiger partial charge in [0.2, 0.25) is 5.91 Å². The molecule has 1 aromatic rings. The third kappa shape index (κ3) is 4.80. The predicted molar refractivity (Wildman–Crippen MR) is 67.7 cm³/mol. The van der Waals surface area contributed by atoms with Gasteiger partial charge in [-0.15, -0.1) is 0 Å². The number of carbonyl (C=O) groups excluding carboxylic acids is 1. The number of anilines is 1. The van der Waals surface area contributed by atoms with Gasteiger partial charge in [-0.05, 0) is 40.7 Å². The minimum Gasteiger partial charge on any atom is -0.359 e. The molecule has 0 aromatic carbocycles. The van der Waals surface area contributed by atoms with Gasteiger partial charge in [-0.25, -0.2) is 9.97 Å². The van der Waals surface area contributed by atoms with Crippen molar-refractivity contribution in [3.8, 4) is 0 Å². The van der Waals surface area contributed by atoms with Gasteiger partial charge in [0.15, 0.2) is 0 Å². The predicted octanol–water partition coefficient (Wildman–Crippen LogP) is 1.50. The van der Waals surface area contributed by atoms with Crippen molar-refractivity contribution in [1.82, 2.24) is 15.3 Å². The molecule has 17 heavy (non-hydrogen) atoms. The van der Waals surface area contributed by atoms with Gasteiger partial charge in [0, 0.05) is 11.7 Å². The number of nitrogens with zero attached hydrogens (tertiary/aromatic N) is 2. The number of rotatable bonds is 3. The Morgan fingerprint density at radius 1 is 1.41 bits per heavy atom. The zero-order chi connectivity index (χ0) is 13.1. The van der Waals surface area contributed by atoms with Gasteiger partial charge in [0.05, 0.1) is 0 Å². The third-order valence-electron chi connectivity index (χ3n) is 2.03. The van der Waals surface area contributed by atoms with E-state index in [1.165, 1.54) is 0 Å². The van der Waals surface area contributed by atoms with Crippen LogP contribution in [0.2, 0.25) is 0 Å². The summed E-state index contributed by atoms with van der Waals surface area (Å²) in [5.74, 6) is 1.29. The van der Waals surface area contributed by atoms with Gasteiger partial charge in [0.1, 0.15) is 17.7 Å². The summed E-state index contributed by atoms with van der Waals surface area (Å²) in [5.41, 5.74) is -0.228. The second-order valence-corrected chi connectivity index (χ2v) is 5.09. The first kappa shape index (κ1) is 13.4. The topological polar surface area (TPSA) is 66.9 Å². The van der Waals surface area contributed by atoms with Crippen LogP contribution in [0.15, 0.2) is 12.3 Å². The van der Waals surface area contributed by atoms with Crippen molar-refractivity contribution < 1.29 is 4.79 Å². The molecule has 2 N–H and O–H groups in total. The molecule has 0 saturated heterocycles. The normalized spacial score (nSPS) is 13.0. The van der Waals surface area contributed by atoms with E-state index in [-0.39, 0.29) is 17.5 Å². The van der Waals surface area contributed by atoms with Gasteiger partial charge in [-0.3, -0.25) is 4.79 Å². The van der Waals surface area contributed by atoms with Gasteiger partial charge in [0.25, 0.3) is 0 Å². The molecule has 0 aliphatic rings. The van der Waals surface area contributed by atoms with E-state index >= 15 is 0 Å². The van der Waals surface area contributed by atoms with Crippen LogP contribution >= 0.6 is 0 Å². The molecule has 0 aliphatic heterocycles. The van der Waals surface area contributed by atoms with Crippen molar-refractivity contribution in [2.75, 3.05) is 5.32 Å². The molecule has 94 valence electrons. The quantitative estimate of drug-likeness (QED) is 0.834. The zero-order valence-corrected chi connectivity index (χ0v) is 11.0. The van der Waals surface area contributed by atoms with E-state index < -0.39 is 0 Å². The highest BCUT2D eigenvalue weighted by Gasteiger charge is 2.19. The maximum Gasteiger partial charge on any atom is 0.242 e. The summed E-state index contributed by atoms with van der Waals surface area (Å²) in [6.07, 6.45) is 1.67. The van der Waals surface area contributed by atoms with E-state index in [4.69, 9.17) is 0 Å². The van der Waals surface area contributed by atoms with E-state index in [0.29, 0.717) is 11.6 Å². The molecular weight excluding hydrogens is 216 g/mol. The minimum atomic E-state index is -0.330. The van der Waals surface area contributed by atoms with Crippen molar-refractivity contribution in [2.24, 2.45) is 0 Å². The molecule has 0 bridgehead atoms. The lowest BCUT2D eigenvalue weighted by molar-refractivity contribution is -0.122. The number of carbonyl (C=O) groups is 1. The lowest BCUT2D eigenvalue weighted by Crippen LogP contribution is -2.47. The van der Waals surface area contributed by atoms with Gasteiger partial charge in [-0.2, -0.15) is 0 Å². The molecule has 1 unspecified atom stereocenters. The van der Waals surface area contributed by atoms with Crippen LogP contribution in [0, 0.1) is 6.92 Å². The first-order valence-electron chi connectivity index (χ1n) is 5.66. The average Bonchev–Trinajstić information content (AvgIpc) is 2.14. The number of hydrogen-bond donors (Lipinski definition) is 2. The summed E-state index contributed by atoms with van der Waals surface area (Å²) < 4.78 is 0. The highest BCUT2D eigenvalue weighted by Crippen LogP contribution is 2.05. The highest BCUT2D eigenvalue weighted by molar-refractivity contribution is 5.84. The summed E-state index contributed by atoms with van der Waals surface area (Å²) in [6, 6.07) is 1.41.